The Hall–Kier alpha value is -2.15. The zero-order chi connectivity index (χ0) is 14.3. The summed E-state index contributed by atoms with van der Waals surface area (Å²) in [4.78, 5) is 11.5. The van der Waals surface area contributed by atoms with E-state index in [2.05, 4.69) is 5.10 Å². The summed E-state index contributed by atoms with van der Waals surface area (Å²) in [5, 5.41) is 4.20. The number of amides is 1. The maximum Gasteiger partial charge on any atom is 0.269 e. The summed E-state index contributed by atoms with van der Waals surface area (Å²) in [6.45, 7) is 0. The Morgan fingerprint density at radius 3 is 2.60 bits per heavy atom. The third kappa shape index (κ3) is 2.09. The van der Waals surface area contributed by atoms with Gasteiger partial charge in [0.1, 0.15) is 0 Å². The van der Waals surface area contributed by atoms with E-state index < -0.39 is 15.7 Å². The number of rotatable bonds is 2. The fraction of sp³-hybridized carbons (Fsp3) is 0.231. The molecule has 20 heavy (non-hydrogen) atoms. The van der Waals surface area contributed by atoms with Crippen LogP contribution >= 0.6 is 0 Å². The molecule has 0 saturated heterocycles. The van der Waals surface area contributed by atoms with Gasteiger partial charge in [0.15, 0.2) is 15.5 Å². The van der Waals surface area contributed by atoms with Crippen LogP contribution in [0.2, 0.25) is 0 Å². The topological polar surface area (TPSA) is 95.1 Å². The third-order valence-corrected chi connectivity index (χ3v) is 4.89. The second-order valence-electron chi connectivity index (χ2n) is 4.73. The standard InChI is InChI=1S/C13H13N3O3S/c14-13(17)12-10-8-20(18,19)7-6-11(10)16(15-12)9-4-2-1-3-5-9/h1-5H,6-8H2,(H2,14,17). The van der Waals surface area contributed by atoms with Gasteiger partial charge < -0.3 is 5.73 Å². The molecule has 0 saturated carbocycles. The average Bonchev–Trinajstić information content (AvgIpc) is 2.77. The zero-order valence-corrected chi connectivity index (χ0v) is 11.4. The van der Waals surface area contributed by atoms with Crippen LogP contribution in [0.5, 0.6) is 0 Å². The van der Waals surface area contributed by atoms with E-state index in [0.717, 1.165) is 11.4 Å². The second kappa shape index (κ2) is 4.45. The monoisotopic (exact) mass is 291 g/mol. The van der Waals surface area contributed by atoms with Gasteiger partial charge in [0.2, 0.25) is 0 Å². The third-order valence-electron chi connectivity index (χ3n) is 3.34. The summed E-state index contributed by atoms with van der Waals surface area (Å²) in [7, 11) is -3.18. The molecule has 1 aliphatic heterocycles. The van der Waals surface area contributed by atoms with E-state index in [9.17, 15) is 13.2 Å². The van der Waals surface area contributed by atoms with Crippen molar-refractivity contribution in [1.82, 2.24) is 9.78 Å². The Bertz CT molecular complexity index is 779. The molecule has 2 aromatic rings. The van der Waals surface area contributed by atoms with Gasteiger partial charge in [-0.05, 0) is 12.1 Å². The number of carbonyl (C=O) groups excluding carboxylic acids is 1. The molecular weight excluding hydrogens is 278 g/mol. The molecular formula is C13H13N3O3S. The average molecular weight is 291 g/mol. The molecule has 1 aromatic carbocycles. The van der Waals surface area contributed by atoms with Gasteiger partial charge in [-0.2, -0.15) is 5.10 Å². The number of sulfone groups is 1. The molecule has 1 aliphatic rings. The molecule has 0 spiro atoms. The van der Waals surface area contributed by atoms with Gasteiger partial charge in [-0.25, -0.2) is 13.1 Å². The highest BCUT2D eigenvalue weighted by Crippen LogP contribution is 2.26. The zero-order valence-electron chi connectivity index (χ0n) is 10.6. The molecule has 7 heteroatoms. The SMILES string of the molecule is NC(=O)c1nn(-c2ccccc2)c2c1CS(=O)(=O)CC2. The number of hydrogen-bond donors (Lipinski definition) is 1. The highest BCUT2D eigenvalue weighted by molar-refractivity contribution is 7.90. The van der Waals surface area contributed by atoms with Crippen LogP contribution in [0.1, 0.15) is 21.7 Å². The van der Waals surface area contributed by atoms with Crippen molar-refractivity contribution in [2.45, 2.75) is 12.2 Å². The van der Waals surface area contributed by atoms with Crippen LogP contribution in [0.4, 0.5) is 0 Å². The number of fused-ring (bicyclic) bond motifs is 1. The fourth-order valence-corrected chi connectivity index (χ4v) is 3.81. The Labute approximate surface area is 116 Å². The normalized spacial score (nSPS) is 16.6. The summed E-state index contributed by atoms with van der Waals surface area (Å²) in [6, 6.07) is 9.28. The molecule has 2 N–H and O–H groups in total. The summed E-state index contributed by atoms with van der Waals surface area (Å²) in [5.41, 5.74) is 7.33. The van der Waals surface area contributed by atoms with Gasteiger partial charge in [-0.15, -0.1) is 0 Å². The number of hydrogen-bond acceptors (Lipinski definition) is 4. The van der Waals surface area contributed by atoms with Crippen LogP contribution in [0.3, 0.4) is 0 Å². The van der Waals surface area contributed by atoms with Crippen LogP contribution in [0, 0.1) is 0 Å². The molecule has 0 bridgehead atoms. The first-order chi connectivity index (χ1) is 9.48. The van der Waals surface area contributed by atoms with Gasteiger partial charge in [0.25, 0.3) is 5.91 Å². The van der Waals surface area contributed by atoms with Crippen molar-refractivity contribution < 1.29 is 13.2 Å². The fourth-order valence-electron chi connectivity index (χ4n) is 2.42. The lowest BCUT2D eigenvalue weighted by atomic mass is 10.1. The van der Waals surface area contributed by atoms with Crippen LogP contribution in [-0.4, -0.2) is 29.9 Å². The van der Waals surface area contributed by atoms with Crippen LogP contribution in [0.15, 0.2) is 30.3 Å². The molecule has 6 nitrogen and oxygen atoms in total. The molecule has 1 amide bonds. The Morgan fingerprint density at radius 2 is 1.95 bits per heavy atom. The highest BCUT2D eigenvalue weighted by atomic mass is 32.2. The predicted molar refractivity (Wildman–Crippen MR) is 73.3 cm³/mol. The van der Waals surface area contributed by atoms with Crippen molar-refractivity contribution in [3.63, 3.8) is 0 Å². The van der Waals surface area contributed by atoms with E-state index >= 15 is 0 Å². The summed E-state index contributed by atoms with van der Waals surface area (Å²) < 4.78 is 25.1. The maximum absolute atomic E-state index is 11.7. The quantitative estimate of drug-likeness (QED) is 0.868. The molecule has 1 aromatic heterocycles. The number of nitrogens with two attached hydrogens (primary N) is 1. The van der Waals surface area contributed by atoms with Crippen molar-refractivity contribution in [3.8, 4) is 5.69 Å². The number of carbonyl (C=O) groups is 1. The van der Waals surface area contributed by atoms with Crippen molar-refractivity contribution in [1.29, 1.82) is 0 Å². The smallest absolute Gasteiger partial charge is 0.269 e. The van der Waals surface area contributed by atoms with Crippen molar-refractivity contribution >= 4 is 15.7 Å². The molecule has 0 unspecified atom stereocenters. The lowest BCUT2D eigenvalue weighted by Crippen LogP contribution is -2.22. The highest BCUT2D eigenvalue weighted by Gasteiger charge is 2.30. The molecule has 0 fully saturated rings. The lowest BCUT2D eigenvalue weighted by molar-refractivity contribution is 0.0994. The lowest BCUT2D eigenvalue weighted by Gasteiger charge is -2.14. The molecule has 0 radical (unpaired) electrons. The number of aromatic nitrogens is 2. The van der Waals surface area contributed by atoms with Gasteiger partial charge in [-0.1, -0.05) is 18.2 Å². The molecule has 2 heterocycles. The molecule has 104 valence electrons. The van der Waals surface area contributed by atoms with Gasteiger partial charge in [0.05, 0.1) is 22.9 Å². The number of primary amides is 1. The second-order valence-corrected chi connectivity index (χ2v) is 6.91. The predicted octanol–water partition coefficient (Wildman–Crippen LogP) is 0.442. The van der Waals surface area contributed by atoms with Gasteiger partial charge in [0, 0.05) is 12.0 Å². The van der Waals surface area contributed by atoms with E-state index in [4.69, 9.17) is 5.73 Å². The minimum atomic E-state index is -3.18. The minimum Gasteiger partial charge on any atom is -0.364 e. The van der Waals surface area contributed by atoms with Crippen molar-refractivity contribution in [2.75, 3.05) is 5.75 Å². The molecule has 3 rings (SSSR count). The first kappa shape index (κ1) is 12.9. The molecule has 0 atom stereocenters. The number of para-hydroxylation sites is 1. The largest absolute Gasteiger partial charge is 0.364 e. The van der Waals surface area contributed by atoms with Gasteiger partial charge >= 0.3 is 0 Å². The Balaban J connectivity index is 2.22. The summed E-state index contributed by atoms with van der Waals surface area (Å²) >= 11 is 0. The van der Waals surface area contributed by atoms with Crippen molar-refractivity contribution in [2.24, 2.45) is 5.73 Å². The number of benzene rings is 1. The van der Waals surface area contributed by atoms with E-state index in [1.165, 1.54) is 0 Å². The summed E-state index contributed by atoms with van der Waals surface area (Å²) in [6.07, 6.45) is 0.340. The Kier molecular flexibility index (Phi) is 2.86. The van der Waals surface area contributed by atoms with E-state index in [1.807, 2.05) is 30.3 Å². The van der Waals surface area contributed by atoms with Gasteiger partial charge in [-0.3, -0.25) is 4.79 Å². The van der Waals surface area contributed by atoms with Crippen LogP contribution < -0.4 is 5.73 Å². The summed E-state index contributed by atoms with van der Waals surface area (Å²) in [5.74, 6) is -0.808. The van der Waals surface area contributed by atoms with Crippen molar-refractivity contribution in [3.05, 3.63) is 47.3 Å². The van der Waals surface area contributed by atoms with Crippen LogP contribution in [-0.2, 0) is 22.0 Å². The van der Waals surface area contributed by atoms with E-state index in [0.29, 0.717) is 12.0 Å². The maximum atomic E-state index is 11.7. The Morgan fingerprint density at radius 1 is 1.25 bits per heavy atom. The van der Waals surface area contributed by atoms with Crippen LogP contribution in [0.25, 0.3) is 5.69 Å². The van der Waals surface area contributed by atoms with E-state index in [-0.39, 0.29) is 17.2 Å². The van der Waals surface area contributed by atoms with E-state index in [1.54, 1.807) is 4.68 Å². The first-order valence-corrected chi connectivity index (χ1v) is 7.96. The minimum absolute atomic E-state index is 0.0483. The molecule has 0 aliphatic carbocycles. The number of nitrogens with zero attached hydrogens (tertiary/aromatic N) is 2. The first-order valence-electron chi connectivity index (χ1n) is 6.14.